The summed E-state index contributed by atoms with van der Waals surface area (Å²) in [6.45, 7) is 0. The van der Waals surface area contributed by atoms with Crippen LogP contribution in [-0.2, 0) is 0 Å². The van der Waals surface area contributed by atoms with Crippen LogP contribution in [0.3, 0.4) is 0 Å². The summed E-state index contributed by atoms with van der Waals surface area (Å²) in [6, 6.07) is 8.00. The van der Waals surface area contributed by atoms with Crippen LogP contribution in [0.4, 0.5) is 10.1 Å². The molecule has 0 saturated heterocycles. The van der Waals surface area contributed by atoms with E-state index in [1.54, 1.807) is 29.0 Å². The van der Waals surface area contributed by atoms with Gasteiger partial charge in [-0.2, -0.15) is 5.10 Å². The van der Waals surface area contributed by atoms with Gasteiger partial charge in [-0.05, 0) is 24.3 Å². The van der Waals surface area contributed by atoms with Gasteiger partial charge in [-0.1, -0.05) is 0 Å². The molecular formula is C12H9FN4. The average Bonchev–Trinajstić information content (AvgIpc) is 2.72. The topological polar surface area (TPSA) is 56.2 Å². The Bertz CT molecular complexity index is 673. The van der Waals surface area contributed by atoms with Crippen molar-refractivity contribution in [3.8, 4) is 11.3 Å². The van der Waals surface area contributed by atoms with Crippen molar-refractivity contribution in [2.75, 3.05) is 5.73 Å². The molecule has 0 bridgehead atoms. The first-order chi connectivity index (χ1) is 8.22. The van der Waals surface area contributed by atoms with E-state index in [1.807, 2.05) is 6.07 Å². The number of halogens is 1. The van der Waals surface area contributed by atoms with Crippen LogP contribution >= 0.6 is 0 Å². The molecule has 17 heavy (non-hydrogen) atoms. The molecule has 0 aliphatic rings. The molecule has 2 heterocycles. The van der Waals surface area contributed by atoms with E-state index >= 15 is 0 Å². The SMILES string of the molecule is Nc1cnc2cc(-c3ccc(F)cc3)nn2c1. The quantitative estimate of drug-likeness (QED) is 0.694. The Balaban J connectivity index is 2.14. The van der Waals surface area contributed by atoms with Gasteiger partial charge >= 0.3 is 0 Å². The zero-order valence-corrected chi connectivity index (χ0v) is 8.84. The van der Waals surface area contributed by atoms with Crippen LogP contribution in [0.2, 0.25) is 0 Å². The van der Waals surface area contributed by atoms with Gasteiger partial charge in [0, 0.05) is 11.6 Å². The first kappa shape index (κ1) is 9.77. The minimum atomic E-state index is -0.264. The van der Waals surface area contributed by atoms with E-state index in [9.17, 15) is 4.39 Å². The summed E-state index contributed by atoms with van der Waals surface area (Å²) in [6.07, 6.45) is 3.26. The van der Waals surface area contributed by atoms with Gasteiger partial charge in [-0.25, -0.2) is 13.9 Å². The van der Waals surface area contributed by atoms with E-state index in [4.69, 9.17) is 5.73 Å². The number of nitrogens with two attached hydrogens (primary N) is 1. The Kier molecular flexibility index (Phi) is 2.04. The van der Waals surface area contributed by atoms with Gasteiger partial charge in [0.05, 0.1) is 23.8 Å². The van der Waals surface area contributed by atoms with Gasteiger partial charge in [0.25, 0.3) is 0 Å². The van der Waals surface area contributed by atoms with Crippen molar-refractivity contribution in [2.24, 2.45) is 0 Å². The van der Waals surface area contributed by atoms with Crippen molar-refractivity contribution >= 4 is 11.3 Å². The van der Waals surface area contributed by atoms with Crippen molar-refractivity contribution in [3.05, 3.63) is 48.5 Å². The molecule has 0 atom stereocenters. The van der Waals surface area contributed by atoms with Crippen molar-refractivity contribution < 1.29 is 4.39 Å². The Labute approximate surface area is 96.5 Å². The molecule has 2 aromatic heterocycles. The maximum absolute atomic E-state index is 12.8. The number of nitrogens with zero attached hydrogens (tertiary/aromatic N) is 3. The van der Waals surface area contributed by atoms with Gasteiger partial charge in [0.1, 0.15) is 5.82 Å². The molecule has 0 amide bonds. The Morgan fingerprint density at radius 1 is 1.18 bits per heavy atom. The molecule has 3 rings (SSSR count). The molecule has 0 aliphatic carbocycles. The molecule has 0 unspecified atom stereocenters. The zero-order valence-electron chi connectivity index (χ0n) is 8.84. The lowest BCUT2D eigenvalue weighted by Crippen LogP contribution is -1.93. The van der Waals surface area contributed by atoms with E-state index in [-0.39, 0.29) is 5.82 Å². The molecule has 4 nitrogen and oxygen atoms in total. The van der Waals surface area contributed by atoms with Crippen molar-refractivity contribution in [1.82, 2.24) is 14.6 Å². The standard InChI is InChI=1S/C12H9FN4/c13-9-3-1-8(2-4-9)11-5-12-15-6-10(14)7-17(12)16-11/h1-7H,14H2. The maximum atomic E-state index is 12.8. The molecule has 0 saturated carbocycles. The van der Waals surface area contributed by atoms with Gasteiger partial charge in [-0.15, -0.1) is 0 Å². The van der Waals surface area contributed by atoms with E-state index in [0.717, 1.165) is 11.3 Å². The third-order valence-electron chi connectivity index (χ3n) is 2.47. The summed E-state index contributed by atoms with van der Waals surface area (Å²) in [5.74, 6) is -0.264. The second kappa shape index (κ2) is 3.55. The summed E-state index contributed by atoms with van der Waals surface area (Å²) < 4.78 is 14.4. The van der Waals surface area contributed by atoms with Gasteiger partial charge in [0.2, 0.25) is 0 Å². The first-order valence-corrected chi connectivity index (χ1v) is 5.09. The minimum absolute atomic E-state index is 0.264. The fourth-order valence-corrected chi connectivity index (χ4v) is 1.65. The lowest BCUT2D eigenvalue weighted by atomic mass is 10.1. The molecule has 84 valence electrons. The number of aromatic nitrogens is 3. The van der Waals surface area contributed by atoms with E-state index in [1.165, 1.54) is 12.1 Å². The molecule has 0 spiro atoms. The highest BCUT2D eigenvalue weighted by Crippen LogP contribution is 2.19. The van der Waals surface area contributed by atoms with Crippen molar-refractivity contribution in [2.45, 2.75) is 0 Å². The Hall–Kier alpha value is -2.43. The summed E-state index contributed by atoms with van der Waals surface area (Å²) in [4.78, 5) is 4.15. The number of hydrogen-bond donors (Lipinski definition) is 1. The van der Waals surface area contributed by atoms with Crippen LogP contribution < -0.4 is 5.73 Å². The molecule has 0 radical (unpaired) electrons. The lowest BCUT2D eigenvalue weighted by molar-refractivity contribution is 0.628. The predicted molar refractivity (Wildman–Crippen MR) is 62.8 cm³/mol. The molecule has 5 heteroatoms. The fourth-order valence-electron chi connectivity index (χ4n) is 1.65. The molecule has 0 fully saturated rings. The largest absolute Gasteiger partial charge is 0.396 e. The highest BCUT2D eigenvalue weighted by atomic mass is 19.1. The second-order valence-electron chi connectivity index (χ2n) is 3.73. The monoisotopic (exact) mass is 228 g/mol. The predicted octanol–water partition coefficient (Wildman–Crippen LogP) is 2.12. The molecule has 0 aliphatic heterocycles. The third-order valence-corrected chi connectivity index (χ3v) is 2.47. The summed E-state index contributed by atoms with van der Waals surface area (Å²) in [5, 5.41) is 4.33. The Morgan fingerprint density at radius 3 is 2.71 bits per heavy atom. The smallest absolute Gasteiger partial charge is 0.155 e. The molecular weight excluding hydrogens is 219 g/mol. The summed E-state index contributed by atoms with van der Waals surface area (Å²) in [7, 11) is 0. The fraction of sp³-hybridized carbons (Fsp3) is 0. The number of anilines is 1. The Morgan fingerprint density at radius 2 is 1.94 bits per heavy atom. The van der Waals surface area contributed by atoms with Gasteiger partial charge in [0.15, 0.2) is 5.65 Å². The van der Waals surface area contributed by atoms with E-state index in [0.29, 0.717) is 11.3 Å². The highest BCUT2D eigenvalue weighted by Gasteiger charge is 2.05. The molecule has 1 aromatic carbocycles. The summed E-state index contributed by atoms with van der Waals surface area (Å²) in [5.41, 5.74) is 8.46. The first-order valence-electron chi connectivity index (χ1n) is 5.09. The molecule has 3 aromatic rings. The van der Waals surface area contributed by atoms with Gasteiger partial charge in [-0.3, -0.25) is 0 Å². The zero-order chi connectivity index (χ0) is 11.8. The van der Waals surface area contributed by atoms with Crippen LogP contribution in [0.15, 0.2) is 42.7 Å². The highest BCUT2D eigenvalue weighted by molar-refractivity contribution is 5.64. The number of hydrogen-bond acceptors (Lipinski definition) is 3. The third kappa shape index (κ3) is 1.71. The summed E-state index contributed by atoms with van der Waals surface area (Å²) >= 11 is 0. The number of rotatable bonds is 1. The number of nitrogen functional groups attached to an aromatic ring is 1. The van der Waals surface area contributed by atoms with Crippen LogP contribution in [0, 0.1) is 5.82 Å². The minimum Gasteiger partial charge on any atom is -0.396 e. The normalized spacial score (nSPS) is 10.9. The van der Waals surface area contributed by atoms with Crippen LogP contribution in [0.5, 0.6) is 0 Å². The second-order valence-corrected chi connectivity index (χ2v) is 3.73. The van der Waals surface area contributed by atoms with Crippen molar-refractivity contribution in [3.63, 3.8) is 0 Å². The van der Waals surface area contributed by atoms with Crippen LogP contribution in [-0.4, -0.2) is 14.6 Å². The lowest BCUT2D eigenvalue weighted by Gasteiger charge is -1.95. The number of fused-ring (bicyclic) bond motifs is 1. The average molecular weight is 228 g/mol. The van der Waals surface area contributed by atoms with Crippen LogP contribution in [0.1, 0.15) is 0 Å². The maximum Gasteiger partial charge on any atom is 0.155 e. The van der Waals surface area contributed by atoms with E-state index < -0.39 is 0 Å². The van der Waals surface area contributed by atoms with Crippen molar-refractivity contribution in [1.29, 1.82) is 0 Å². The molecule has 2 N–H and O–H groups in total. The van der Waals surface area contributed by atoms with Crippen LogP contribution in [0.25, 0.3) is 16.9 Å². The number of benzene rings is 1. The van der Waals surface area contributed by atoms with E-state index in [2.05, 4.69) is 10.1 Å². The van der Waals surface area contributed by atoms with Gasteiger partial charge < -0.3 is 5.73 Å².